The number of nitrogens with one attached hydrogen (secondary N) is 1. The molecule has 0 aromatic carbocycles. The van der Waals surface area contributed by atoms with E-state index in [1.165, 1.54) is 0 Å². The second-order valence-corrected chi connectivity index (χ2v) is 4.18. The lowest BCUT2D eigenvalue weighted by molar-refractivity contribution is 0.269. The second-order valence-electron chi connectivity index (χ2n) is 4.18. The predicted molar refractivity (Wildman–Crippen MR) is 70.6 cm³/mol. The minimum Gasteiger partial charge on any atom is -0.394 e. The predicted octanol–water partition coefficient (Wildman–Crippen LogP) is 1.21. The normalized spacial score (nSPS) is 12.4. The average molecular weight is 238 g/mol. The number of nitrogens with zero attached hydrogens (tertiary/aromatic N) is 3. The van der Waals surface area contributed by atoms with Crippen LogP contribution in [0, 0.1) is 6.92 Å². The van der Waals surface area contributed by atoms with E-state index >= 15 is 0 Å². The number of aryl methyl sites for hydroxylation is 1. The molecule has 5 nitrogen and oxygen atoms in total. The van der Waals surface area contributed by atoms with E-state index in [4.69, 9.17) is 0 Å². The Morgan fingerprint density at radius 2 is 2.06 bits per heavy atom. The number of anilines is 2. The summed E-state index contributed by atoms with van der Waals surface area (Å²) in [6.07, 6.45) is 0.795. The number of rotatable bonds is 5. The molecule has 1 rings (SSSR count). The summed E-state index contributed by atoms with van der Waals surface area (Å²) in [7, 11) is 3.79. The maximum absolute atomic E-state index is 9.21. The van der Waals surface area contributed by atoms with Gasteiger partial charge in [0.2, 0.25) is 0 Å². The van der Waals surface area contributed by atoms with E-state index in [0.29, 0.717) is 0 Å². The van der Waals surface area contributed by atoms with E-state index in [2.05, 4.69) is 15.3 Å². The molecular formula is C12H22N4O. The van der Waals surface area contributed by atoms with Gasteiger partial charge in [0.05, 0.1) is 12.6 Å². The third-order valence-corrected chi connectivity index (χ3v) is 2.98. The van der Waals surface area contributed by atoms with Gasteiger partial charge in [-0.3, -0.25) is 0 Å². The van der Waals surface area contributed by atoms with Crippen LogP contribution in [-0.4, -0.2) is 41.8 Å². The highest BCUT2D eigenvalue weighted by atomic mass is 16.3. The highest BCUT2D eigenvalue weighted by molar-refractivity contribution is 5.58. The molecule has 1 atom stereocenters. The van der Waals surface area contributed by atoms with Crippen molar-refractivity contribution in [3.63, 3.8) is 0 Å². The fourth-order valence-corrected chi connectivity index (χ4v) is 1.63. The summed E-state index contributed by atoms with van der Waals surface area (Å²) in [6, 6.07) is 0.0398. The Balaban J connectivity index is 3.21. The van der Waals surface area contributed by atoms with Crippen molar-refractivity contribution in [1.82, 2.24) is 9.97 Å². The molecule has 0 aliphatic rings. The molecule has 0 amide bonds. The van der Waals surface area contributed by atoms with Crippen LogP contribution in [0.15, 0.2) is 0 Å². The lowest BCUT2D eigenvalue weighted by atomic mass is 10.2. The molecule has 2 N–H and O–H groups in total. The number of aliphatic hydroxyl groups is 1. The van der Waals surface area contributed by atoms with Crippen molar-refractivity contribution in [3.05, 3.63) is 11.4 Å². The minimum absolute atomic E-state index is 0.0398. The first-order chi connectivity index (χ1) is 8.04. The molecule has 0 bridgehead atoms. The quantitative estimate of drug-likeness (QED) is 0.807. The second kappa shape index (κ2) is 5.82. The van der Waals surface area contributed by atoms with Crippen LogP contribution >= 0.6 is 0 Å². The fraction of sp³-hybridized carbons (Fsp3) is 0.667. The summed E-state index contributed by atoms with van der Waals surface area (Å²) < 4.78 is 0. The van der Waals surface area contributed by atoms with Crippen LogP contribution in [0.5, 0.6) is 0 Å². The van der Waals surface area contributed by atoms with Gasteiger partial charge in [-0.1, -0.05) is 6.92 Å². The third-order valence-electron chi connectivity index (χ3n) is 2.98. The van der Waals surface area contributed by atoms with Crippen LogP contribution in [0.25, 0.3) is 0 Å². The van der Waals surface area contributed by atoms with Crippen LogP contribution in [0.2, 0.25) is 0 Å². The maximum Gasteiger partial charge on any atom is 0.137 e. The lowest BCUT2D eigenvalue weighted by Gasteiger charge is -2.26. The standard InChI is InChI=1S/C12H22N4O/c1-6-10-14-11(13-4)9(3)12(15-10)16(5)8(2)7-17/h8,17H,6-7H2,1-5H3,(H,13,14,15). The van der Waals surface area contributed by atoms with Crippen LogP contribution in [0.3, 0.4) is 0 Å². The number of aliphatic hydroxyl groups excluding tert-OH is 1. The molecule has 0 saturated carbocycles. The molecule has 96 valence electrons. The Bertz CT molecular complexity index is 381. The Kier molecular flexibility index (Phi) is 4.69. The maximum atomic E-state index is 9.21. The van der Waals surface area contributed by atoms with Gasteiger partial charge in [-0.15, -0.1) is 0 Å². The molecular weight excluding hydrogens is 216 g/mol. The van der Waals surface area contributed by atoms with Gasteiger partial charge in [0.25, 0.3) is 0 Å². The van der Waals surface area contributed by atoms with Crippen LogP contribution in [0.1, 0.15) is 25.2 Å². The Hall–Kier alpha value is -1.36. The monoisotopic (exact) mass is 238 g/mol. The van der Waals surface area contributed by atoms with E-state index in [0.717, 1.165) is 29.4 Å². The van der Waals surface area contributed by atoms with Crippen molar-refractivity contribution in [3.8, 4) is 0 Å². The number of hydrogen-bond acceptors (Lipinski definition) is 5. The molecule has 0 radical (unpaired) electrons. The first-order valence-electron chi connectivity index (χ1n) is 5.94. The smallest absolute Gasteiger partial charge is 0.137 e. The van der Waals surface area contributed by atoms with Gasteiger partial charge in [-0.2, -0.15) is 0 Å². The summed E-state index contributed by atoms with van der Waals surface area (Å²) in [5, 5.41) is 12.3. The summed E-state index contributed by atoms with van der Waals surface area (Å²) in [5.41, 5.74) is 1.01. The zero-order valence-corrected chi connectivity index (χ0v) is 11.3. The van der Waals surface area contributed by atoms with Gasteiger partial charge in [-0.05, 0) is 13.8 Å². The van der Waals surface area contributed by atoms with E-state index in [1.807, 2.05) is 39.8 Å². The van der Waals surface area contributed by atoms with Crippen molar-refractivity contribution in [2.24, 2.45) is 0 Å². The van der Waals surface area contributed by atoms with E-state index in [-0.39, 0.29) is 12.6 Å². The van der Waals surface area contributed by atoms with Crippen LogP contribution in [-0.2, 0) is 6.42 Å². The summed E-state index contributed by atoms with van der Waals surface area (Å²) in [6.45, 7) is 6.09. The molecule has 0 saturated heterocycles. The Morgan fingerprint density at radius 3 is 2.53 bits per heavy atom. The molecule has 1 aromatic rings. The van der Waals surface area contributed by atoms with Crippen molar-refractivity contribution in [2.45, 2.75) is 33.2 Å². The summed E-state index contributed by atoms with van der Waals surface area (Å²) >= 11 is 0. The van der Waals surface area contributed by atoms with Crippen LogP contribution < -0.4 is 10.2 Å². The zero-order chi connectivity index (χ0) is 13.0. The Morgan fingerprint density at radius 1 is 1.41 bits per heavy atom. The molecule has 5 heteroatoms. The summed E-state index contributed by atoms with van der Waals surface area (Å²) in [4.78, 5) is 10.9. The van der Waals surface area contributed by atoms with Crippen molar-refractivity contribution < 1.29 is 5.11 Å². The van der Waals surface area contributed by atoms with Gasteiger partial charge < -0.3 is 15.3 Å². The highest BCUT2D eigenvalue weighted by Crippen LogP contribution is 2.23. The van der Waals surface area contributed by atoms with E-state index < -0.39 is 0 Å². The first kappa shape index (κ1) is 13.7. The largest absolute Gasteiger partial charge is 0.394 e. The lowest BCUT2D eigenvalue weighted by Crippen LogP contribution is -2.33. The minimum atomic E-state index is 0.0398. The topological polar surface area (TPSA) is 61.3 Å². The average Bonchev–Trinajstić information content (AvgIpc) is 2.37. The highest BCUT2D eigenvalue weighted by Gasteiger charge is 2.16. The molecule has 17 heavy (non-hydrogen) atoms. The molecule has 0 aliphatic heterocycles. The van der Waals surface area contributed by atoms with Gasteiger partial charge >= 0.3 is 0 Å². The van der Waals surface area contributed by atoms with Gasteiger partial charge in [0.1, 0.15) is 17.5 Å². The van der Waals surface area contributed by atoms with E-state index in [1.54, 1.807) is 0 Å². The van der Waals surface area contributed by atoms with Crippen molar-refractivity contribution in [1.29, 1.82) is 0 Å². The van der Waals surface area contributed by atoms with Gasteiger partial charge in [0, 0.05) is 26.1 Å². The zero-order valence-electron chi connectivity index (χ0n) is 11.3. The SMILES string of the molecule is CCc1nc(NC)c(C)c(N(C)C(C)CO)n1. The molecule has 1 unspecified atom stereocenters. The van der Waals surface area contributed by atoms with Crippen LogP contribution in [0.4, 0.5) is 11.6 Å². The number of aromatic nitrogens is 2. The fourth-order valence-electron chi connectivity index (χ4n) is 1.63. The molecule has 0 fully saturated rings. The van der Waals surface area contributed by atoms with Crippen molar-refractivity contribution in [2.75, 3.05) is 30.9 Å². The van der Waals surface area contributed by atoms with Crippen molar-refractivity contribution >= 4 is 11.6 Å². The van der Waals surface area contributed by atoms with Gasteiger partial charge in [-0.25, -0.2) is 9.97 Å². The molecule has 0 spiro atoms. The first-order valence-corrected chi connectivity index (χ1v) is 5.94. The Labute approximate surface area is 103 Å². The molecule has 1 aromatic heterocycles. The van der Waals surface area contributed by atoms with E-state index in [9.17, 15) is 5.11 Å². The molecule has 0 aliphatic carbocycles. The number of hydrogen-bond donors (Lipinski definition) is 2. The summed E-state index contributed by atoms with van der Waals surface area (Å²) in [5.74, 6) is 2.54. The van der Waals surface area contributed by atoms with Gasteiger partial charge in [0.15, 0.2) is 0 Å². The molecule has 1 heterocycles. The third kappa shape index (κ3) is 2.85. The number of likely N-dealkylation sites (N-methyl/N-ethyl adjacent to an activating group) is 1.